The normalized spacial score (nSPS) is 53.2. The third-order valence-electron chi connectivity index (χ3n) is 5.28. The van der Waals surface area contributed by atoms with Gasteiger partial charge in [-0.15, -0.1) is 0 Å². The summed E-state index contributed by atoms with van der Waals surface area (Å²) in [4.78, 5) is 0. The first-order chi connectivity index (χ1) is 6.67. The smallest absolute Gasteiger partial charge is 0.00470 e. The quantitative estimate of drug-likeness (QED) is 0.586. The molecule has 1 spiro atoms. The van der Waals surface area contributed by atoms with Crippen LogP contribution in [0.1, 0.15) is 52.9 Å². The SMILES string of the molecule is CCCC1CC12C=C(CC)C1(C)CC12. The number of hydrogen-bond acceptors (Lipinski definition) is 0. The van der Waals surface area contributed by atoms with Gasteiger partial charge in [-0.05, 0) is 48.3 Å². The zero-order valence-electron chi connectivity index (χ0n) is 9.77. The standard InChI is InChI=1S/C14H22/c1-4-6-11-8-14(11)7-10(5-2)13(3)9-12(13)14/h7,11-12H,4-6,8-9H2,1-3H3. The molecule has 0 aliphatic heterocycles. The van der Waals surface area contributed by atoms with Crippen LogP contribution >= 0.6 is 0 Å². The molecular formula is C14H22. The van der Waals surface area contributed by atoms with E-state index in [1.807, 2.05) is 0 Å². The van der Waals surface area contributed by atoms with Gasteiger partial charge in [0.2, 0.25) is 0 Å². The Morgan fingerprint density at radius 1 is 1.36 bits per heavy atom. The van der Waals surface area contributed by atoms with Gasteiger partial charge in [0.15, 0.2) is 0 Å². The van der Waals surface area contributed by atoms with Gasteiger partial charge in [-0.1, -0.05) is 38.8 Å². The van der Waals surface area contributed by atoms with E-state index in [0.717, 1.165) is 17.3 Å². The van der Waals surface area contributed by atoms with Gasteiger partial charge in [0, 0.05) is 0 Å². The number of hydrogen-bond donors (Lipinski definition) is 0. The molecule has 0 heterocycles. The fourth-order valence-corrected chi connectivity index (χ4v) is 4.29. The molecule has 2 fully saturated rings. The first kappa shape index (κ1) is 9.00. The number of fused-ring (bicyclic) bond motifs is 2. The third kappa shape index (κ3) is 0.857. The van der Waals surface area contributed by atoms with Crippen molar-refractivity contribution in [2.24, 2.45) is 22.7 Å². The summed E-state index contributed by atoms with van der Waals surface area (Å²) >= 11 is 0. The zero-order valence-corrected chi connectivity index (χ0v) is 9.77. The molecule has 0 N–H and O–H groups in total. The maximum absolute atomic E-state index is 2.70. The average Bonchev–Trinajstić information content (AvgIpc) is 3.00. The lowest BCUT2D eigenvalue weighted by molar-refractivity contribution is 0.450. The van der Waals surface area contributed by atoms with Crippen LogP contribution in [-0.2, 0) is 0 Å². The molecule has 3 rings (SSSR count). The summed E-state index contributed by atoms with van der Waals surface area (Å²) in [6.45, 7) is 7.17. The van der Waals surface area contributed by atoms with Crippen LogP contribution in [0.3, 0.4) is 0 Å². The second kappa shape index (κ2) is 2.46. The second-order valence-corrected chi connectivity index (χ2v) is 6.00. The molecule has 0 heteroatoms. The van der Waals surface area contributed by atoms with E-state index in [1.54, 1.807) is 5.57 Å². The molecule has 0 aromatic rings. The molecule has 78 valence electrons. The van der Waals surface area contributed by atoms with Crippen molar-refractivity contribution in [2.45, 2.75) is 52.9 Å². The maximum atomic E-state index is 2.70. The van der Waals surface area contributed by atoms with Crippen molar-refractivity contribution in [3.8, 4) is 0 Å². The molecule has 0 saturated heterocycles. The van der Waals surface area contributed by atoms with Crippen molar-refractivity contribution in [3.63, 3.8) is 0 Å². The van der Waals surface area contributed by atoms with Crippen LogP contribution in [0, 0.1) is 22.7 Å². The minimum Gasteiger partial charge on any atom is -0.0780 e. The van der Waals surface area contributed by atoms with Crippen LogP contribution in [0.15, 0.2) is 11.6 Å². The highest BCUT2D eigenvalue weighted by Gasteiger charge is 2.73. The van der Waals surface area contributed by atoms with E-state index in [0.29, 0.717) is 5.41 Å². The molecule has 3 aliphatic carbocycles. The summed E-state index contributed by atoms with van der Waals surface area (Å²) in [5.74, 6) is 2.12. The van der Waals surface area contributed by atoms with Gasteiger partial charge in [-0.25, -0.2) is 0 Å². The largest absolute Gasteiger partial charge is 0.0780 e. The summed E-state index contributed by atoms with van der Waals surface area (Å²) in [5.41, 5.74) is 3.17. The molecule has 0 radical (unpaired) electrons. The van der Waals surface area contributed by atoms with Crippen molar-refractivity contribution in [1.29, 1.82) is 0 Å². The molecule has 0 nitrogen and oxygen atoms in total. The Balaban J connectivity index is 1.83. The van der Waals surface area contributed by atoms with Crippen molar-refractivity contribution < 1.29 is 0 Å². The van der Waals surface area contributed by atoms with Gasteiger partial charge < -0.3 is 0 Å². The van der Waals surface area contributed by atoms with Gasteiger partial charge in [-0.3, -0.25) is 0 Å². The van der Waals surface area contributed by atoms with Crippen molar-refractivity contribution in [3.05, 3.63) is 11.6 Å². The third-order valence-corrected chi connectivity index (χ3v) is 5.28. The summed E-state index contributed by atoms with van der Waals surface area (Å²) < 4.78 is 0. The Labute approximate surface area is 87.8 Å². The Kier molecular flexibility index (Phi) is 1.58. The molecule has 0 aromatic heterocycles. The molecule has 0 aromatic carbocycles. The molecule has 14 heavy (non-hydrogen) atoms. The summed E-state index contributed by atoms with van der Waals surface area (Å²) in [5, 5.41) is 0. The molecule has 2 saturated carbocycles. The highest BCUT2D eigenvalue weighted by Crippen LogP contribution is 2.81. The Morgan fingerprint density at radius 3 is 2.71 bits per heavy atom. The lowest BCUT2D eigenvalue weighted by Crippen LogP contribution is -2.02. The van der Waals surface area contributed by atoms with Crippen LogP contribution in [-0.4, -0.2) is 0 Å². The van der Waals surface area contributed by atoms with Gasteiger partial charge in [0.05, 0.1) is 0 Å². The zero-order chi connectivity index (χ0) is 9.97. The van der Waals surface area contributed by atoms with Gasteiger partial charge in [0.25, 0.3) is 0 Å². The lowest BCUT2D eigenvalue weighted by atomic mass is 9.96. The van der Waals surface area contributed by atoms with E-state index < -0.39 is 0 Å². The van der Waals surface area contributed by atoms with Crippen molar-refractivity contribution >= 4 is 0 Å². The Morgan fingerprint density at radius 2 is 2.14 bits per heavy atom. The molecule has 0 bridgehead atoms. The minimum atomic E-state index is 0.664. The highest BCUT2D eigenvalue weighted by atomic mass is 14.8. The predicted molar refractivity (Wildman–Crippen MR) is 60.0 cm³/mol. The van der Waals surface area contributed by atoms with Crippen LogP contribution in [0.5, 0.6) is 0 Å². The first-order valence-electron chi connectivity index (χ1n) is 6.39. The first-order valence-corrected chi connectivity index (χ1v) is 6.39. The van der Waals surface area contributed by atoms with Crippen LogP contribution in [0.2, 0.25) is 0 Å². The van der Waals surface area contributed by atoms with E-state index in [4.69, 9.17) is 0 Å². The lowest BCUT2D eigenvalue weighted by Gasteiger charge is -2.07. The van der Waals surface area contributed by atoms with Crippen LogP contribution in [0.25, 0.3) is 0 Å². The van der Waals surface area contributed by atoms with E-state index in [-0.39, 0.29) is 0 Å². The van der Waals surface area contributed by atoms with E-state index in [2.05, 4.69) is 26.8 Å². The van der Waals surface area contributed by atoms with E-state index in [9.17, 15) is 0 Å². The fourth-order valence-electron chi connectivity index (χ4n) is 4.29. The number of allylic oxidation sites excluding steroid dienone is 2. The van der Waals surface area contributed by atoms with Gasteiger partial charge in [0.1, 0.15) is 0 Å². The summed E-state index contributed by atoms with van der Waals surface area (Å²) in [6.07, 6.45) is 9.87. The molecule has 4 unspecified atom stereocenters. The average molecular weight is 190 g/mol. The minimum absolute atomic E-state index is 0.664. The van der Waals surface area contributed by atoms with Crippen LogP contribution < -0.4 is 0 Å². The second-order valence-electron chi connectivity index (χ2n) is 6.00. The Hall–Kier alpha value is -0.260. The van der Waals surface area contributed by atoms with Gasteiger partial charge in [-0.2, -0.15) is 0 Å². The monoisotopic (exact) mass is 190 g/mol. The maximum Gasteiger partial charge on any atom is -0.00470 e. The van der Waals surface area contributed by atoms with E-state index in [1.165, 1.54) is 32.1 Å². The predicted octanol–water partition coefficient (Wildman–Crippen LogP) is 4.17. The van der Waals surface area contributed by atoms with Crippen LogP contribution in [0.4, 0.5) is 0 Å². The molecular weight excluding hydrogens is 168 g/mol. The number of rotatable bonds is 3. The van der Waals surface area contributed by atoms with Crippen molar-refractivity contribution in [2.75, 3.05) is 0 Å². The van der Waals surface area contributed by atoms with Gasteiger partial charge >= 0.3 is 0 Å². The summed E-state index contributed by atoms with van der Waals surface area (Å²) in [6, 6.07) is 0. The molecule has 3 aliphatic rings. The van der Waals surface area contributed by atoms with E-state index >= 15 is 0 Å². The Bertz CT molecular complexity index is 301. The summed E-state index contributed by atoms with van der Waals surface area (Å²) in [7, 11) is 0. The molecule has 4 atom stereocenters. The highest BCUT2D eigenvalue weighted by molar-refractivity contribution is 5.42. The topological polar surface area (TPSA) is 0 Å². The van der Waals surface area contributed by atoms with Crippen molar-refractivity contribution in [1.82, 2.24) is 0 Å². The molecule has 0 amide bonds. The fraction of sp³-hybridized carbons (Fsp3) is 0.857.